The highest BCUT2D eigenvalue weighted by Gasteiger charge is 2.48. The Bertz CT molecular complexity index is 858. The van der Waals surface area contributed by atoms with Gasteiger partial charge in [-0.3, -0.25) is 19.2 Å². The van der Waals surface area contributed by atoms with E-state index >= 15 is 0 Å². The zero-order valence-electron chi connectivity index (χ0n) is 19.0. The van der Waals surface area contributed by atoms with Crippen LogP contribution in [0.2, 0.25) is 0 Å². The van der Waals surface area contributed by atoms with Gasteiger partial charge in [0.05, 0.1) is 32.3 Å². The van der Waals surface area contributed by atoms with Gasteiger partial charge in [0.15, 0.2) is 0 Å². The predicted molar refractivity (Wildman–Crippen MR) is 113 cm³/mol. The Balaban J connectivity index is 2.42. The van der Waals surface area contributed by atoms with Crippen LogP contribution in [0.3, 0.4) is 0 Å². The first-order valence-electron chi connectivity index (χ1n) is 10.7. The average molecular weight is 466 g/mol. The molecule has 10 heteroatoms. The molecule has 1 atom stereocenters. The highest BCUT2D eigenvalue weighted by molar-refractivity contribution is 5.81. The number of allylic oxidation sites excluding steroid dienone is 2. The van der Waals surface area contributed by atoms with Crippen LogP contribution in [0.25, 0.3) is 0 Å². The summed E-state index contributed by atoms with van der Waals surface area (Å²) in [5.74, 6) is -7.07. The molecule has 1 saturated heterocycles. The second-order valence-corrected chi connectivity index (χ2v) is 8.07. The van der Waals surface area contributed by atoms with Crippen LogP contribution in [-0.4, -0.2) is 52.8 Å². The third-order valence-corrected chi connectivity index (χ3v) is 5.03. The maximum atomic E-state index is 12.2. The summed E-state index contributed by atoms with van der Waals surface area (Å²) < 4.78 is 20.5. The number of hydrogen-bond acceptors (Lipinski definition) is 10. The van der Waals surface area contributed by atoms with Crippen molar-refractivity contribution in [2.45, 2.75) is 77.8 Å². The summed E-state index contributed by atoms with van der Waals surface area (Å²) in [7, 11) is 0. The van der Waals surface area contributed by atoms with Crippen molar-refractivity contribution in [2.75, 3.05) is 6.61 Å². The van der Waals surface area contributed by atoms with Crippen molar-refractivity contribution in [1.29, 1.82) is 0 Å². The Hall–Kier alpha value is -2.98. The molecule has 2 aliphatic rings. The van der Waals surface area contributed by atoms with Crippen molar-refractivity contribution in [3.63, 3.8) is 0 Å². The van der Waals surface area contributed by atoms with E-state index in [4.69, 9.17) is 18.9 Å². The summed E-state index contributed by atoms with van der Waals surface area (Å²) >= 11 is 0. The lowest BCUT2D eigenvalue weighted by atomic mass is 10.0. The third-order valence-electron chi connectivity index (χ3n) is 5.03. The molecule has 1 unspecified atom stereocenters. The lowest BCUT2D eigenvalue weighted by Crippen LogP contribution is -2.43. The zero-order chi connectivity index (χ0) is 24.6. The van der Waals surface area contributed by atoms with E-state index < -0.39 is 41.7 Å². The molecule has 0 amide bonds. The van der Waals surface area contributed by atoms with Gasteiger partial charge in [-0.25, -0.2) is 0 Å². The van der Waals surface area contributed by atoms with Crippen LogP contribution in [-0.2, 0) is 38.1 Å². The third kappa shape index (κ3) is 7.83. The molecule has 0 aliphatic carbocycles. The predicted octanol–water partition coefficient (Wildman–Crippen LogP) is 2.09. The quantitative estimate of drug-likeness (QED) is 0.325. The van der Waals surface area contributed by atoms with Crippen molar-refractivity contribution in [3.05, 3.63) is 34.6 Å². The van der Waals surface area contributed by atoms with Gasteiger partial charge >= 0.3 is 29.9 Å². The molecule has 10 nitrogen and oxygen atoms in total. The summed E-state index contributed by atoms with van der Waals surface area (Å²) in [5.41, 5.74) is 1.85. The standard InChI is InChI=1S/C23H30O10/c1-14(2)5-4-6-16(13-24)7-8-17-15(3)22(31-19(26)10-9-18(25)30-17)23(29)32-20(27)11-12-21(28)33-23/h5,7,17,24,29H,4,6,8-13H2,1-3H3/b16-7-,22-15-. The molecular weight excluding hydrogens is 436 g/mol. The molecule has 0 spiro atoms. The molecular formula is C23H30O10. The first kappa shape index (κ1) is 26.3. The smallest absolute Gasteiger partial charge is 0.437 e. The number of ether oxygens (including phenoxy) is 4. The van der Waals surface area contributed by atoms with E-state index in [9.17, 15) is 29.4 Å². The number of carbonyl (C=O) groups excluding carboxylic acids is 4. The van der Waals surface area contributed by atoms with E-state index in [1.54, 1.807) is 6.08 Å². The van der Waals surface area contributed by atoms with Crippen LogP contribution < -0.4 is 0 Å². The number of rotatable bonds is 7. The van der Waals surface area contributed by atoms with Crippen molar-refractivity contribution >= 4 is 23.9 Å². The molecule has 2 heterocycles. The molecule has 0 saturated carbocycles. The zero-order valence-corrected chi connectivity index (χ0v) is 19.0. The van der Waals surface area contributed by atoms with E-state index in [1.807, 2.05) is 19.9 Å². The summed E-state index contributed by atoms with van der Waals surface area (Å²) in [6.07, 6.45) is 2.74. The van der Waals surface area contributed by atoms with Crippen LogP contribution in [0.1, 0.15) is 65.7 Å². The van der Waals surface area contributed by atoms with Crippen molar-refractivity contribution in [3.8, 4) is 0 Å². The highest BCUT2D eigenvalue weighted by atomic mass is 16.9. The monoisotopic (exact) mass is 466 g/mol. The van der Waals surface area contributed by atoms with Crippen molar-refractivity contribution in [1.82, 2.24) is 0 Å². The molecule has 0 radical (unpaired) electrons. The number of aliphatic hydroxyl groups excluding tert-OH is 1. The van der Waals surface area contributed by atoms with Gasteiger partial charge in [0.1, 0.15) is 6.10 Å². The Labute approximate surface area is 191 Å². The van der Waals surface area contributed by atoms with Gasteiger partial charge in [-0.15, -0.1) is 0 Å². The van der Waals surface area contributed by atoms with E-state index in [0.29, 0.717) is 18.4 Å². The number of aliphatic hydroxyl groups is 2. The second-order valence-electron chi connectivity index (χ2n) is 8.07. The highest BCUT2D eigenvalue weighted by Crippen LogP contribution is 2.33. The number of hydrogen-bond donors (Lipinski definition) is 2. The Morgan fingerprint density at radius 1 is 0.970 bits per heavy atom. The van der Waals surface area contributed by atoms with Crippen LogP contribution >= 0.6 is 0 Å². The molecule has 182 valence electrons. The molecule has 0 aromatic carbocycles. The molecule has 2 N–H and O–H groups in total. The molecule has 2 aliphatic heterocycles. The minimum Gasteiger partial charge on any atom is -0.457 e. The van der Waals surface area contributed by atoms with E-state index in [-0.39, 0.29) is 44.3 Å². The first-order valence-corrected chi connectivity index (χ1v) is 10.7. The van der Waals surface area contributed by atoms with Crippen LogP contribution in [0.5, 0.6) is 0 Å². The lowest BCUT2D eigenvalue weighted by molar-refractivity contribution is -0.312. The molecule has 1 fully saturated rings. The Morgan fingerprint density at radius 2 is 1.55 bits per heavy atom. The maximum Gasteiger partial charge on any atom is 0.437 e. The van der Waals surface area contributed by atoms with Gasteiger partial charge in [0.2, 0.25) is 5.76 Å². The fourth-order valence-corrected chi connectivity index (χ4v) is 3.23. The molecule has 0 aromatic rings. The SMILES string of the molecule is CC(C)=CCC/C(=C/CC1OC(=O)CCC(=O)O/C(C2(O)OC(=O)CCC(=O)O2)=C\1C)CO. The summed E-state index contributed by atoms with van der Waals surface area (Å²) in [6, 6.07) is 0. The van der Waals surface area contributed by atoms with Gasteiger partial charge in [-0.05, 0) is 39.2 Å². The van der Waals surface area contributed by atoms with Crippen molar-refractivity contribution < 1.29 is 48.3 Å². The van der Waals surface area contributed by atoms with E-state index in [1.165, 1.54) is 6.92 Å². The number of cyclic esters (lactones) is 4. The van der Waals surface area contributed by atoms with Crippen LogP contribution in [0.15, 0.2) is 34.6 Å². The molecule has 0 aromatic heterocycles. The fourth-order valence-electron chi connectivity index (χ4n) is 3.23. The lowest BCUT2D eigenvalue weighted by Gasteiger charge is -2.29. The minimum atomic E-state index is -2.98. The minimum absolute atomic E-state index is 0.0152. The maximum absolute atomic E-state index is 12.2. The molecule has 2 rings (SSSR count). The van der Waals surface area contributed by atoms with Gasteiger partial charge < -0.3 is 29.2 Å². The van der Waals surface area contributed by atoms with Crippen LogP contribution in [0, 0.1) is 0 Å². The summed E-state index contributed by atoms with van der Waals surface area (Å²) in [5, 5.41) is 20.5. The van der Waals surface area contributed by atoms with Gasteiger partial charge in [-0.1, -0.05) is 17.7 Å². The topological polar surface area (TPSA) is 146 Å². The molecule has 33 heavy (non-hydrogen) atoms. The largest absolute Gasteiger partial charge is 0.457 e. The van der Waals surface area contributed by atoms with Crippen molar-refractivity contribution in [2.24, 2.45) is 0 Å². The first-order chi connectivity index (χ1) is 15.5. The fraction of sp³-hybridized carbons (Fsp3) is 0.565. The number of esters is 4. The van der Waals surface area contributed by atoms with Gasteiger partial charge in [0, 0.05) is 12.0 Å². The normalized spacial score (nSPS) is 24.3. The Kier molecular flexibility index (Phi) is 9.36. The van der Waals surface area contributed by atoms with Gasteiger partial charge in [-0.2, -0.15) is 0 Å². The molecule has 0 bridgehead atoms. The average Bonchev–Trinajstić information content (AvgIpc) is 2.84. The second kappa shape index (κ2) is 11.8. The van der Waals surface area contributed by atoms with E-state index in [0.717, 1.165) is 5.57 Å². The van der Waals surface area contributed by atoms with Gasteiger partial charge in [0.25, 0.3) is 0 Å². The summed E-state index contributed by atoms with van der Waals surface area (Å²) in [4.78, 5) is 48.3. The van der Waals surface area contributed by atoms with Crippen LogP contribution in [0.4, 0.5) is 0 Å². The van der Waals surface area contributed by atoms with E-state index in [2.05, 4.69) is 0 Å². The summed E-state index contributed by atoms with van der Waals surface area (Å²) in [6.45, 7) is 5.12. The Morgan fingerprint density at radius 3 is 2.12 bits per heavy atom. The number of carbonyl (C=O) groups is 4.